The highest BCUT2D eigenvalue weighted by molar-refractivity contribution is 8.01. The summed E-state index contributed by atoms with van der Waals surface area (Å²) in [5.41, 5.74) is 0.609. The summed E-state index contributed by atoms with van der Waals surface area (Å²) >= 11 is 6.93. The van der Waals surface area contributed by atoms with Gasteiger partial charge in [-0.3, -0.25) is 9.59 Å². The van der Waals surface area contributed by atoms with E-state index >= 15 is 0 Å². The molecule has 1 atom stereocenters. The fraction of sp³-hybridized carbons (Fsp3) is 0.263. The van der Waals surface area contributed by atoms with Gasteiger partial charge in [-0.05, 0) is 49.7 Å². The average Bonchev–Trinajstić information content (AvgIpc) is 2.60. The first-order chi connectivity index (χ1) is 13.1. The van der Waals surface area contributed by atoms with Crippen LogP contribution in [-0.2, 0) is 15.8 Å². The lowest BCUT2D eigenvalue weighted by Gasteiger charge is -2.15. The van der Waals surface area contributed by atoms with Crippen molar-refractivity contribution in [2.45, 2.75) is 25.3 Å². The number of amides is 2. The molecule has 0 heterocycles. The first-order valence-corrected chi connectivity index (χ1v) is 9.64. The predicted octanol–water partition coefficient (Wildman–Crippen LogP) is 5.37. The number of aryl methyl sites for hydroxylation is 1. The molecule has 0 aliphatic heterocycles. The lowest BCUT2D eigenvalue weighted by molar-refractivity contribution is -0.137. The minimum Gasteiger partial charge on any atom is -0.325 e. The minimum atomic E-state index is -4.54. The van der Waals surface area contributed by atoms with Crippen LogP contribution in [0.3, 0.4) is 0 Å². The van der Waals surface area contributed by atoms with Crippen molar-refractivity contribution in [3.8, 4) is 0 Å². The second-order valence-electron chi connectivity index (χ2n) is 6.05. The van der Waals surface area contributed by atoms with Crippen LogP contribution < -0.4 is 10.6 Å². The van der Waals surface area contributed by atoms with Crippen LogP contribution in [0.5, 0.6) is 0 Å². The summed E-state index contributed by atoms with van der Waals surface area (Å²) in [4.78, 5) is 24.2. The second kappa shape index (κ2) is 9.34. The van der Waals surface area contributed by atoms with Crippen LogP contribution >= 0.6 is 23.4 Å². The van der Waals surface area contributed by atoms with E-state index in [9.17, 15) is 22.8 Å². The molecule has 0 bridgehead atoms. The number of hydrogen-bond donors (Lipinski definition) is 2. The molecule has 0 radical (unpaired) electrons. The standard InChI is InChI=1S/C19H18ClF3N2O2S/c1-11-4-3-5-14(8-11)24-17(26)10-28-12(2)18(27)25-16-9-13(19(21,22)23)6-7-15(16)20/h3-9,12H,10H2,1-2H3,(H,24,26)(H,25,27). The number of hydrogen-bond acceptors (Lipinski definition) is 3. The van der Waals surface area contributed by atoms with Crippen LogP contribution in [-0.4, -0.2) is 22.8 Å². The van der Waals surface area contributed by atoms with Crippen LogP contribution in [0.15, 0.2) is 42.5 Å². The van der Waals surface area contributed by atoms with Crippen molar-refractivity contribution in [3.05, 3.63) is 58.6 Å². The fourth-order valence-corrected chi connectivity index (χ4v) is 3.08. The van der Waals surface area contributed by atoms with Gasteiger partial charge in [-0.1, -0.05) is 23.7 Å². The first-order valence-electron chi connectivity index (χ1n) is 8.22. The number of carbonyl (C=O) groups excluding carboxylic acids is 2. The summed E-state index contributed by atoms with van der Waals surface area (Å²) in [6, 6.07) is 9.97. The lowest BCUT2D eigenvalue weighted by Crippen LogP contribution is -2.25. The molecule has 150 valence electrons. The highest BCUT2D eigenvalue weighted by Crippen LogP contribution is 2.34. The number of benzene rings is 2. The van der Waals surface area contributed by atoms with Crippen LogP contribution in [0.25, 0.3) is 0 Å². The van der Waals surface area contributed by atoms with Gasteiger partial charge in [0.1, 0.15) is 0 Å². The third-order valence-electron chi connectivity index (χ3n) is 3.69. The molecule has 2 rings (SSSR count). The van der Waals surface area contributed by atoms with Gasteiger partial charge in [-0.15, -0.1) is 11.8 Å². The molecule has 0 saturated heterocycles. The maximum atomic E-state index is 12.8. The Hall–Kier alpha value is -2.19. The Morgan fingerprint density at radius 3 is 2.50 bits per heavy atom. The molecule has 2 N–H and O–H groups in total. The summed E-state index contributed by atoms with van der Waals surface area (Å²) < 4.78 is 38.4. The van der Waals surface area contributed by atoms with E-state index < -0.39 is 22.9 Å². The lowest BCUT2D eigenvalue weighted by atomic mass is 10.2. The number of nitrogens with one attached hydrogen (secondary N) is 2. The van der Waals surface area contributed by atoms with E-state index in [0.717, 1.165) is 35.5 Å². The van der Waals surface area contributed by atoms with Crippen molar-refractivity contribution < 1.29 is 22.8 Å². The Balaban J connectivity index is 1.91. The highest BCUT2D eigenvalue weighted by atomic mass is 35.5. The Kier molecular flexibility index (Phi) is 7.37. The fourth-order valence-electron chi connectivity index (χ4n) is 2.23. The molecular formula is C19H18ClF3N2O2S. The number of alkyl halides is 3. The third-order valence-corrected chi connectivity index (χ3v) is 5.16. The van der Waals surface area contributed by atoms with Gasteiger partial charge in [-0.2, -0.15) is 13.2 Å². The molecule has 0 aliphatic rings. The van der Waals surface area contributed by atoms with Crippen LogP contribution in [0.2, 0.25) is 5.02 Å². The Morgan fingerprint density at radius 1 is 1.14 bits per heavy atom. The molecule has 1 unspecified atom stereocenters. The smallest absolute Gasteiger partial charge is 0.325 e. The zero-order valence-electron chi connectivity index (χ0n) is 15.1. The first kappa shape index (κ1) is 22.1. The third kappa shape index (κ3) is 6.45. The molecule has 9 heteroatoms. The van der Waals surface area contributed by atoms with Crippen molar-refractivity contribution in [2.75, 3.05) is 16.4 Å². The normalized spacial score (nSPS) is 12.4. The number of carbonyl (C=O) groups is 2. The molecular weight excluding hydrogens is 413 g/mol. The van der Waals surface area contributed by atoms with Gasteiger partial charge in [0.2, 0.25) is 11.8 Å². The maximum absolute atomic E-state index is 12.8. The predicted molar refractivity (Wildman–Crippen MR) is 107 cm³/mol. The van der Waals surface area contributed by atoms with Crippen molar-refractivity contribution in [2.24, 2.45) is 0 Å². The summed E-state index contributed by atoms with van der Waals surface area (Å²) in [5, 5.41) is 4.43. The van der Waals surface area contributed by atoms with Gasteiger partial charge in [0, 0.05) is 5.69 Å². The summed E-state index contributed by atoms with van der Waals surface area (Å²) in [6.07, 6.45) is -4.54. The Bertz CT molecular complexity index is 874. The van der Waals surface area contributed by atoms with Crippen molar-refractivity contribution in [3.63, 3.8) is 0 Å². The van der Waals surface area contributed by atoms with Crippen LogP contribution in [0.1, 0.15) is 18.1 Å². The molecule has 0 aromatic heterocycles. The van der Waals surface area contributed by atoms with E-state index in [4.69, 9.17) is 11.6 Å². The molecule has 0 saturated carbocycles. The number of halogens is 4. The number of rotatable bonds is 6. The number of thioether (sulfide) groups is 1. The van der Waals surface area contributed by atoms with Crippen molar-refractivity contribution >= 4 is 46.6 Å². The van der Waals surface area contributed by atoms with E-state index in [-0.39, 0.29) is 22.4 Å². The van der Waals surface area contributed by atoms with Gasteiger partial charge in [-0.25, -0.2) is 0 Å². The summed E-state index contributed by atoms with van der Waals surface area (Å²) in [5.74, 6) is -0.819. The number of anilines is 2. The molecule has 4 nitrogen and oxygen atoms in total. The van der Waals surface area contributed by atoms with Crippen molar-refractivity contribution in [1.29, 1.82) is 0 Å². The maximum Gasteiger partial charge on any atom is 0.416 e. The molecule has 2 aromatic rings. The topological polar surface area (TPSA) is 58.2 Å². The average molecular weight is 431 g/mol. The molecule has 28 heavy (non-hydrogen) atoms. The zero-order valence-corrected chi connectivity index (χ0v) is 16.6. The molecule has 0 aliphatic carbocycles. The van der Waals surface area contributed by atoms with Crippen LogP contribution in [0.4, 0.5) is 24.5 Å². The summed E-state index contributed by atoms with van der Waals surface area (Å²) in [7, 11) is 0. The molecule has 0 spiro atoms. The van der Waals surface area contributed by atoms with E-state index in [1.165, 1.54) is 0 Å². The molecule has 0 fully saturated rings. The molecule has 2 amide bonds. The summed E-state index contributed by atoms with van der Waals surface area (Å²) in [6.45, 7) is 3.46. The van der Waals surface area contributed by atoms with E-state index in [1.54, 1.807) is 13.0 Å². The van der Waals surface area contributed by atoms with Gasteiger partial charge < -0.3 is 10.6 Å². The van der Waals surface area contributed by atoms with E-state index in [2.05, 4.69) is 10.6 Å². The Morgan fingerprint density at radius 2 is 1.86 bits per heavy atom. The largest absolute Gasteiger partial charge is 0.416 e. The van der Waals surface area contributed by atoms with E-state index in [0.29, 0.717) is 5.69 Å². The van der Waals surface area contributed by atoms with Gasteiger partial charge >= 0.3 is 6.18 Å². The monoisotopic (exact) mass is 430 g/mol. The zero-order chi connectivity index (χ0) is 20.9. The highest BCUT2D eigenvalue weighted by Gasteiger charge is 2.31. The Labute approximate surface area is 169 Å². The quantitative estimate of drug-likeness (QED) is 0.648. The van der Waals surface area contributed by atoms with Gasteiger partial charge in [0.05, 0.1) is 27.3 Å². The molecule has 2 aromatic carbocycles. The van der Waals surface area contributed by atoms with Crippen molar-refractivity contribution in [1.82, 2.24) is 0 Å². The van der Waals surface area contributed by atoms with Gasteiger partial charge in [0.25, 0.3) is 0 Å². The SMILES string of the molecule is Cc1cccc(NC(=O)CSC(C)C(=O)Nc2cc(C(F)(F)F)ccc2Cl)c1. The van der Waals surface area contributed by atoms with E-state index in [1.807, 2.05) is 25.1 Å². The van der Waals surface area contributed by atoms with Gasteiger partial charge in [0.15, 0.2) is 0 Å². The van der Waals surface area contributed by atoms with Crippen LogP contribution in [0, 0.1) is 6.92 Å². The second-order valence-corrected chi connectivity index (χ2v) is 7.79. The minimum absolute atomic E-state index is 0.00394.